The molecule has 0 saturated carbocycles. The van der Waals surface area contributed by atoms with Crippen molar-refractivity contribution in [1.29, 1.82) is 0 Å². The number of aromatic hydroxyl groups is 1. The molecule has 3 aliphatic carbocycles. The number of pyridine rings is 6. The minimum atomic E-state index is -4.25. The minimum absolute atomic E-state index is 0.0232. The van der Waals surface area contributed by atoms with E-state index in [1.807, 2.05) is 64.1 Å². The van der Waals surface area contributed by atoms with Crippen molar-refractivity contribution in [3.63, 3.8) is 0 Å². The highest BCUT2D eigenvalue weighted by Crippen LogP contribution is 2.39. The average molecular weight is 1910 g/mol. The van der Waals surface area contributed by atoms with Gasteiger partial charge < -0.3 is 53.0 Å². The van der Waals surface area contributed by atoms with Crippen LogP contribution < -0.4 is 89.3 Å². The Morgan fingerprint density at radius 3 is 1.33 bits per heavy atom. The molecular formula is C87H100N12O25S6. The number of fused-ring (bicyclic) bond motifs is 12. The molecule has 0 amide bonds. The smallest absolute Gasteiger partial charge is 0.380 e. The molecular weight excluding hydrogens is 1810 g/mol. The molecule has 0 fully saturated rings. The molecule has 13 aromatic rings. The number of para-hydroxylation sites is 1. The second kappa shape index (κ2) is 40.1. The zero-order valence-electron chi connectivity index (χ0n) is 72.4. The van der Waals surface area contributed by atoms with Crippen LogP contribution in [0.5, 0.6) is 40.2 Å². The molecule has 3 aliphatic rings. The summed E-state index contributed by atoms with van der Waals surface area (Å²) in [6, 6.07) is 39.7. The predicted molar refractivity (Wildman–Crippen MR) is 496 cm³/mol. The number of unbranched alkanes of at least 4 members (excludes halogenated alkanes) is 2. The maximum Gasteiger partial charge on any atom is 0.380 e. The first-order valence-corrected chi connectivity index (χ1v) is 49.9. The van der Waals surface area contributed by atoms with Crippen molar-refractivity contribution in [2.45, 2.75) is 157 Å². The van der Waals surface area contributed by atoms with E-state index in [0.717, 1.165) is 180 Å². The van der Waals surface area contributed by atoms with Crippen molar-refractivity contribution in [1.82, 2.24) is 27.4 Å². The highest BCUT2D eigenvalue weighted by molar-refractivity contribution is 7.86. The van der Waals surface area contributed by atoms with Crippen LogP contribution in [0.2, 0.25) is 0 Å². The first-order valence-electron chi connectivity index (χ1n) is 41.0. The molecule has 0 atom stereocenters. The number of aryl methyl sites for hydroxylation is 11. The van der Waals surface area contributed by atoms with Crippen molar-refractivity contribution in [3.05, 3.63) is 263 Å². The molecule has 43 heteroatoms. The molecule has 6 aromatic heterocycles. The summed E-state index contributed by atoms with van der Waals surface area (Å²) in [5.74, 6) is -0.156. The van der Waals surface area contributed by atoms with Gasteiger partial charge in [-0.05, 0) is 241 Å². The maximum atomic E-state index is 13.1. The number of phenols is 1. The number of hydrogen-bond donors (Lipinski definition) is 7. The third-order valence-corrected chi connectivity index (χ3v) is 24.7. The number of benzene rings is 7. The summed E-state index contributed by atoms with van der Waals surface area (Å²) >= 11 is 0. The van der Waals surface area contributed by atoms with Crippen LogP contribution in [0, 0.1) is 13.8 Å². The van der Waals surface area contributed by atoms with E-state index in [0.29, 0.717) is 57.2 Å². The Labute approximate surface area is 749 Å². The molecule has 0 aliphatic heterocycles. The Balaban J connectivity index is 0.000000151. The summed E-state index contributed by atoms with van der Waals surface area (Å²) in [7, 11) is -19.9. The molecule has 13 N–H and O–H groups in total. The van der Waals surface area contributed by atoms with Crippen LogP contribution in [-0.2, 0) is 147 Å². The van der Waals surface area contributed by atoms with E-state index in [2.05, 4.69) is 19.5 Å². The molecule has 0 spiro atoms. The van der Waals surface area contributed by atoms with Crippen LogP contribution in [0.4, 0.5) is 0 Å². The Morgan fingerprint density at radius 2 is 0.800 bits per heavy atom. The van der Waals surface area contributed by atoms with Gasteiger partial charge in [-0.15, -0.1) is 0 Å². The van der Waals surface area contributed by atoms with Gasteiger partial charge in [-0.1, -0.05) is 44.9 Å². The molecule has 0 unspecified atom stereocenters. The van der Waals surface area contributed by atoms with E-state index in [1.54, 1.807) is 95.4 Å². The van der Waals surface area contributed by atoms with E-state index in [4.69, 9.17) is 43.4 Å². The van der Waals surface area contributed by atoms with Gasteiger partial charge in [-0.25, -0.2) is 0 Å². The van der Waals surface area contributed by atoms with Crippen LogP contribution in [-0.4, -0.2) is 83.0 Å². The summed E-state index contributed by atoms with van der Waals surface area (Å²) in [5, 5.41) is 44.6. The first-order chi connectivity index (χ1) is 61.0. The van der Waals surface area contributed by atoms with Crippen LogP contribution in [0.25, 0.3) is 71.1 Å². The van der Waals surface area contributed by atoms with E-state index in [9.17, 15) is 84.4 Å². The zero-order chi connectivity index (χ0) is 95.2. The van der Waals surface area contributed by atoms with Gasteiger partial charge in [0.25, 0.3) is 33.4 Å². The van der Waals surface area contributed by atoms with Gasteiger partial charge in [0.2, 0.25) is 0 Å². The van der Waals surface area contributed by atoms with Crippen LogP contribution in [0.15, 0.2) is 174 Å². The topological polar surface area (TPSA) is 569 Å². The fraction of sp³-hybridized carbons (Fsp3) is 0.310. The quantitative estimate of drug-likeness (QED) is 0.0355. The lowest BCUT2D eigenvalue weighted by molar-refractivity contribution is 0.431. The average Bonchev–Trinajstić information content (AvgIpc) is 1.53. The van der Waals surface area contributed by atoms with Crippen LogP contribution in [0.3, 0.4) is 0 Å². The van der Waals surface area contributed by atoms with E-state index >= 15 is 0 Å². The molecule has 37 nitrogen and oxygen atoms in total. The van der Waals surface area contributed by atoms with Crippen LogP contribution >= 0.6 is 0 Å². The van der Waals surface area contributed by atoms with Crippen molar-refractivity contribution in [2.24, 2.45) is 52.0 Å². The molecule has 130 heavy (non-hydrogen) atoms. The van der Waals surface area contributed by atoms with Gasteiger partial charge in [0.15, 0.2) is 11.5 Å². The molecule has 7 aromatic carbocycles. The van der Waals surface area contributed by atoms with Crippen molar-refractivity contribution in [2.75, 3.05) is 0 Å². The molecule has 6 heterocycles. The zero-order valence-corrected chi connectivity index (χ0v) is 77.3. The summed E-state index contributed by atoms with van der Waals surface area (Å²) in [6.45, 7) is 12.3. The standard InChI is InChI=1S/C18H16N2O4S.C16H22N2O4S.2C14H16N2O4S.C14H18N2O4S.C11H12N2O5S/c19-25(22,23)24-13-9-10-15-14-7-4-8-16(14)18(21)20(17(15)11-13)12-5-2-1-3-6-12;1-3-5-6-7-13-10-12-8-9-14(22-23(17,20)21)11-15(12)18(4-2)16(13)19;1-16-13-8-9(20-21(15,18)19)6-7-11(13)10-4-2-3-5-12(10)14(16)17;1-16-12-8-13(20-21(15,18)19)11-5-3-2-4-9(11)10(12)6-7-14(16)17;1-4-11-9(3)14(17)16(5-2)13-8-10(6-7-12(11)13)20-21(15,18)19;1-6-5-9(14)13(2)10-7(6)3-4-8(11(10)15)18-19(12,16)17/h1-3,5-6,9-11H,4,7-8H2,(H2,19,22,23);8-11H,3-7H2,1-2H3,(H2,17,20,21);2*6-8H,2-5H2,1H3,(H2,15,18,19);6-8H,4-5H2,1-3H3,(H2,15,18,19);3-5,15H,1-2H3,(H2,12,16,17). The summed E-state index contributed by atoms with van der Waals surface area (Å²) in [5.41, 5.74) is 12.3. The SMILES string of the molecule is CCCCCc1cc2ccc(OS(N)(=O)=O)cc2n(CC)c1=O.CCc1c(C)c(=O)n(CC)c2cc(OS(N)(=O)=O)ccc12.Cc1cc(=O)n(C)c2c(O)c(OS(N)(=O)=O)ccc12.Cn1c(=O)c2c(c3ccc(OS(N)(=O)=O)cc31)CCCC2.Cn1c(=O)ccc2c3c(c(OS(N)(=O)=O)cc21)CCCC3.NS(=O)(=O)Oc1ccc2c3c(c(=O)n(-c4ccccc4)c2c1)CCC3. The van der Waals surface area contributed by atoms with E-state index < -0.39 is 67.6 Å². The van der Waals surface area contributed by atoms with Gasteiger partial charge in [-0.3, -0.25) is 33.3 Å². The third-order valence-electron chi connectivity index (χ3n) is 22.2. The Bertz CT molecular complexity index is 7790. The third kappa shape index (κ3) is 23.5. The highest BCUT2D eigenvalue weighted by Gasteiger charge is 2.27. The maximum absolute atomic E-state index is 13.1. The molecule has 0 saturated heterocycles. The van der Waals surface area contributed by atoms with E-state index in [1.165, 1.54) is 69.3 Å². The number of aromatic nitrogens is 6. The fourth-order valence-corrected chi connectivity index (χ4v) is 18.8. The largest absolute Gasteiger partial charge is 0.503 e. The van der Waals surface area contributed by atoms with Gasteiger partial charge in [0.05, 0.1) is 33.1 Å². The number of rotatable bonds is 20. The lowest BCUT2D eigenvalue weighted by atomic mass is 9.88. The molecule has 694 valence electrons. The minimum Gasteiger partial charge on any atom is -0.503 e. The first kappa shape index (κ1) is 98.5. The van der Waals surface area contributed by atoms with Gasteiger partial charge in [-0.2, -0.15) is 81.3 Å². The second-order valence-electron chi connectivity index (χ2n) is 30.9. The monoisotopic (exact) mass is 1900 g/mol. The predicted octanol–water partition coefficient (Wildman–Crippen LogP) is 8.01. The fourth-order valence-electron chi connectivity index (χ4n) is 16.6. The van der Waals surface area contributed by atoms with Crippen molar-refractivity contribution in [3.8, 4) is 45.9 Å². The Morgan fingerprint density at radius 1 is 0.369 bits per heavy atom. The highest BCUT2D eigenvalue weighted by atomic mass is 32.3. The Hall–Kier alpha value is -12.1. The van der Waals surface area contributed by atoms with Crippen molar-refractivity contribution >= 4 is 127 Å². The normalized spacial score (nSPS) is 13.2. The lowest BCUT2D eigenvalue weighted by Crippen LogP contribution is -2.26. The van der Waals surface area contributed by atoms with Gasteiger partial charge >= 0.3 is 61.8 Å². The van der Waals surface area contributed by atoms with Gasteiger partial charge in [0, 0.05) is 132 Å². The number of nitrogens with zero attached hydrogens (tertiary/aromatic N) is 6. The van der Waals surface area contributed by atoms with E-state index in [-0.39, 0.29) is 73.4 Å². The van der Waals surface area contributed by atoms with Gasteiger partial charge in [0.1, 0.15) is 28.7 Å². The summed E-state index contributed by atoms with van der Waals surface area (Å²) in [4.78, 5) is 73.9. The lowest BCUT2D eigenvalue weighted by Gasteiger charge is -2.21. The number of hydrogen-bond acceptors (Lipinski definition) is 25. The molecule has 0 radical (unpaired) electrons. The van der Waals surface area contributed by atoms with Crippen LogP contribution in [0.1, 0.15) is 135 Å². The summed E-state index contributed by atoms with van der Waals surface area (Å²) < 4.78 is 170. The number of nitrogens with two attached hydrogens (primary N) is 6. The Kier molecular flexibility index (Phi) is 30.3. The number of phenolic OH excluding ortho intramolecular Hbond substituents is 1. The van der Waals surface area contributed by atoms with Crippen molar-refractivity contribution < 1.29 is 80.7 Å². The second-order valence-corrected chi connectivity index (χ2v) is 37.9. The molecule has 16 rings (SSSR count). The molecule has 0 bridgehead atoms. The summed E-state index contributed by atoms with van der Waals surface area (Å²) in [6.07, 6.45) is 14.5.